The van der Waals surface area contributed by atoms with Crippen molar-refractivity contribution in [3.05, 3.63) is 46.0 Å². The van der Waals surface area contributed by atoms with E-state index in [9.17, 15) is 18.5 Å². The Labute approximate surface area is 195 Å². The molecule has 2 heterocycles. The summed E-state index contributed by atoms with van der Waals surface area (Å²) in [7, 11) is -3.86. The third kappa shape index (κ3) is 6.23. The van der Waals surface area contributed by atoms with Gasteiger partial charge in [0.2, 0.25) is 10.0 Å². The van der Waals surface area contributed by atoms with Gasteiger partial charge in [-0.25, -0.2) is 18.1 Å². The van der Waals surface area contributed by atoms with Crippen LogP contribution in [-0.4, -0.2) is 68.5 Å². The number of guanidine groups is 1. The summed E-state index contributed by atoms with van der Waals surface area (Å²) in [4.78, 5) is 22.6. The van der Waals surface area contributed by atoms with Crippen LogP contribution in [0.4, 0.5) is 10.8 Å². The summed E-state index contributed by atoms with van der Waals surface area (Å²) in [5.41, 5.74) is 5.73. The smallest absolute Gasteiger partial charge is 0.270 e. The number of aromatic nitrogens is 1. The molecule has 0 bridgehead atoms. The molecular formula is C16H22IN7O4S2. The van der Waals surface area contributed by atoms with Crippen molar-refractivity contribution >= 4 is 62.1 Å². The van der Waals surface area contributed by atoms with Crippen LogP contribution in [0.25, 0.3) is 0 Å². The summed E-state index contributed by atoms with van der Waals surface area (Å²) in [6.07, 6.45) is 1.77. The lowest BCUT2D eigenvalue weighted by molar-refractivity contribution is -0.385. The van der Waals surface area contributed by atoms with Crippen molar-refractivity contribution < 1.29 is 13.3 Å². The van der Waals surface area contributed by atoms with Crippen LogP contribution in [0, 0.1) is 10.1 Å². The van der Waals surface area contributed by atoms with Crippen LogP contribution in [-0.2, 0) is 10.0 Å². The number of benzene rings is 1. The molecule has 0 spiro atoms. The molecule has 2 aromatic rings. The maximum atomic E-state index is 12.3. The zero-order valence-electron chi connectivity index (χ0n) is 15.9. The number of nitro benzene ring substituents is 1. The molecular weight excluding hydrogens is 545 g/mol. The number of thiazole rings is 1. The van der Waals surface area contributed by atoms with Crippen LogP contribution in [0.15, 0.2) is 45.7 Å². The quantitative estimate of drug-likeness (QED) is 0.126. The van der Waals surface area contributed by atoms with Gasteiger partial charge in [0, 0.05) is 56.4 Å². The van der Waals surface area contributed by atoms with E-state index in [0.29, 0.717) is 19.0 Å². The van der Waals surface area contributed by atoms with Gasteiger partial charge in [-0.15, -0.1) is 35.3 Å². The molecule has 30 heavy (non-hydrogen) atoms. The molecule has 1 aliphatic heterocycles. The Balaban J connectivity index is 0.00000320. The van der Waals surface area contributed by atoms with E-state index >= 15 is 0 Å². The minimum Gasteiger partial charge on any atom is -0.370 e. The second-order valence-electron chi connectivity index (χ2n) is 6.18. The average molecular weight is 567 g/mol. The van der Waals surface area contributed by atoms with Gasteiger partial charge in [0.05, 0.1) is 16.4 Å². The maximum absolute atomic E-state index is 12.3. The lowest BCUT2D eigenvalue weighted by atomic mass is 10.3. The first-order valence-corrected chi connectivity index (χ1v) is 11.2. The van der Waals surface area contributed by atoms with Crippen LogP contribution in [0.5, 0.6) is 0 Å². The molecule has 0 atom stereocenters. The van der Waals surface area contributed by atoms with Crippen molar-refractivity contribution in [1.82, 2.24) is 14.6 Å². The van der Waals surface area contributed by atoms with Crippen molar-refractivity contribution in [3.63, 3.8) is 0 Å². The largest absolute Gasteiger partial charge is 0.370 e. The molecule has 0 aliphatic carbocycles. The maximum Gasteiger partial charge on any atom is 0.270 e. The first-order valence-electron chi connectivity index (χ1n) is 8.80. The summed E-state index contributed by atoms with van der Waals surface area (Å²) >= 11 is 1.59. The van der Waals surface area contributed by atoms with Gasteiger partial charge in [-0.1, -0.05) is 6.07 Å². The summed E-state index contributed by atoms with van der Waals surface area (Å²) in [5, 5.41) is 13.7. The van der Waals surface area contributed by atoms with Gasteiger partial charge < -0.3 is 15.5 Å². The van der Waals surface area contributed by atoms with Crippen molar-refractivity contribution in [3.8, 4) is 0 Å². The normalized spacial score (nSPS) is 15.0. The fraction of sp³-hybridized carbons (Fsp3) is 0.375. The number of nitrogens with two attached hydrogens (primary N) is 1. The average Bonchev–Trinajstić information content (AvgIpc) is 3.26. The number of halogens is 1. The summed E-state index contributed by atoms with van der Waals surface area (Å²) in [6.45, 7) is 3.16. The monoisotopic (exact) mass is 567 g/mol. The first-order chi connectivity index (χ1) is 13.9. The molecule has 3 N–H and O–H groups in total. The molecule has 164 valence electrons. The van der Waals surface area contributed by atoms with Crippen molar-refractivity contribution in [1.29, 1.82) is 0 Å². The Morgan fingerprint density at radius 2 is 2.07 bits per heavy atom. The molecule has 0 saturated carbocycles. The van der Waals surface area contributed by atoms with E-state index in [2.05, 4.69) is 19.6 Å². The van der Waals surface area contributed by atoms with E-state index in [4.69, 9.17) is 5.73 Å². The second-order valence-corrected chi connectivity index (χ2v) is 8.82. The fourth-order valence-corrected chi connectivity index (χ4v) is 4.55. The van der Waals surface area contributed by atoms with E-state index < -0.39 is 14.9 Å². The van der Waals surface area contributed by atoms with E-state index in [-0.39, 0.29) is 47.6 Å². The van der Waals surface area contributed by atoms with Crippen LogP contribution >= 0.6 is 35.3 Å². The lowest BCUT2D eigenvalue weighted by Crippen LogP contribution is -2.51. The molecule has 1 fully saturated rings. The predicted octanol–water partition coefficient (Wildman–Crippen LogP) is 1.08. The zero-order chi connectivity index (χ0) is 20.9. The Bertz CT molecular complexity index is 977. The van der Waals surface area contributed by atoms with E-state index in [1.165, 1.54) is 18.2 Å². The molecule has 0 unspecified atom stereocenters. The molecule has 1 aliphatic rings. The van der Waals surface area contributed by atoms with Crippen LogP contribution in [0.2, 0.25) is 0 Å². The molecule has 14 heteroatoms. The number of hydrogen-bond donors (Lipinski definition) is 2. The Morgan fingerprint density at radius 3 is 2.70 bits per heavy atom. The number of anilines is 1. The Hall–Kier alpha value is -2.04. The van der Waals surface area contributed by atoms with Crippen molar-refractivity contribution in [2.24, 2.45) is 10.7 Å². The topological polar surface area (TPSA) is 147 Å². The fourth-order valence-electron chi connectivity index (χ4n) is 2.80. The number of aliphatic imine (C=N–C) groups is 1. The lowest BCUT2D eigenvalue weighted by Gasteiger charge is -2.35. The third-order valence-corrected chi connectivity index (χ3v) is 6.60. The number of piperazine rings is 1. The molecule has 1 aromatic carbocycles. The first kappa shape index (κ1) is 24.2. The van der Waals surface area contributed by atoms with E-state index in [1.807, 2.05) is 10.3 Å². The number of hydrogen-bond acceptors (Lipinski definition) is 8. The number of nitrogens with zero attached hydrogens (tertiary/aromatic N) is 5. The zero-order valence-corrected chi connectivity index (χ0v) is 19.8. The molecule has 0 radical (unpaired) electrons. The van der Waals surface area contributed by atoms with Gasteiger partial charge in [-0.3, -0.25) is 15.1 Å². The predicted molar refractivity (Wildman–Crippen MR) is 126 cm³/mol. The van der Waals surface area contributed by atoms with E-state index in [0.717, 1.165) is 24.3 Å². The van der Waals surface area contributed by atoms with Gasteiger partial charge in [-0.2, -0.15) is 0 Å². The van der Waals surface area contributed by atoms with Crippen molar-refractivity contribution in [2.45, 2.75) is 4.90 Å². The SMILES string of the molecule is I.NC(=NCCNS(=O)(=O)c1cccc([N+](=O)[O-])c1)N1CCN(c2nccs2)CC1. The number of rotatable bonds is 7. The van der Waals surface area contributed by atoms with E-state index in [1.54, 1.807) is 17.5 Å². The third-order valence-electron chi connectivity index (χ3n) is 4.31. The van der Waals surface area contributed by atoms with Gasteiger partial charge in [0.1, 0.15) is 0 Å². The van der Waals surface area contributed by atoms with Gasteiger partial charge in [0.15, 0.2) is 11.1 Å². The molecule has 11 nitrogen and oxygen atoms in total. The molecule has 3 rings (SSSR count). The molecule has 1 aromatic heterocycles. The standard InChI is InChI=1S/C16H21N7O4S2.HI/c17-15(21-7-9-22(10-8-21)16-19-6-11-28-16)18-4-5-20-29(26,27)14-3-1-2-13(12-14)23(24)25;/h1-3,6,11-12,20H,4-5,7-10H2,(H2,17,18);1H. The summed E-state index contributed by atoms with van der Waals surface area (Å²) in [5.74, 6) is 0.360. The molecule has 1 saturated heterocycles. The van der Waals surface area contributed by atoms with Gasteiger partial charge in [0.25, 0.3) is 5.69 Å². The highest BCUT2D eigenvalue weighted by Crippen LogP contribution is 2.19. The van der Waals surface area contributed by atoms with Crippen molar-refractivity contribution in [2.75, 3.05) is 44.2 Å². The highest BCUT2D eigenvalue weighted by molar-refractivity contribution is 14.0. The van der Waals surface area contributed by atoms with Gasteiger partial charge >= 0.3 is 0 Å². The number of sulfonamides is 1. The number of nitro groups is 1. The van der Waals surface area contributed by atoms with Crippen LogP contribution < -0.4 is 15.4 Å². The number of nitrogens with one attached hydrogen (secondary N) is 1. The van der Waals surface area contributed by atoms with Crippen LogP contribution in [0.3, 0.4) is 0 Å². The summed E-state index contributed by atoms with van der Waals surface area (Å²) < 4.78 is 26.9. The van der Waals surface area contributed by atoms with Crippen LogP contribution in [0.1, 0.15) is 0 Å². The number of non-ortho nitro benzene ring substituents is 1. The Kier molecular flexibility index (Phi) is 8.75. The summed E-state index contributed by atoms with van der Waals surface area (Å²) in [6, 6.07) is 4.88. The molecule has 0 amide bonds. The highest BCUT2D eigenvalue weighted by atomic mass is 127. The minimum absolute atomic E-state index is 0. The highest BCUT2D eigenvalue weighted by Gasteiger charge is 2.20. The Morgan fingerprint density at radius 1 is 1.33 bits per heavy atom. The van der Waals surface area contributed by atoms with Gasteiger partial charge in [-0.05, 0) is 6.07 Å². The minimum atomic E-state index is -3.86. The second kappa shape index (κ2) is 10.8.